The first-order valence-corrected chi connectivity index (χ1v) is 11.6. The molecule has 0 amide bonds. The monoisotopic (exact) mass is 517 g/mol. The number of aromatic nitrogens is 1. The van der Waals surface area contributed by atoms with E-state index in [0.717, 1.165) is 10.3 Å². The largest absolute Gasteiger partial charge is 0.489 e. The third kappa shape index (κ3) is 5.31. The fourth-order valence-electron chi connectivity index (χ4n) is 4.77. The molecule has 2 heterocycles. The lowest BCUT2D eigenvalue weighted by Crippen LogP contribution is -2.47. The lowest BCUT2D eigenvalue weighted by Gasteiger charge is -2.41. The summed E-state index contributed by atoms with van der Waals surface area (Å²) in [5.74, 6) is -4.89. The van der Waals surface area contributed by atoms with Crippen LogP contribution in [0.1, 0.15) is 36.2 Å². The van der Waals surface area contributed by atoms with Gasteiger partial charge in [-0.15, -0.1) is 0 Å². The van der Waals surface area contributed by atoms with Gasteiger partial charge in [-0.25, -0.2) is 13.2 Å². The van der Waals surface area contributed by atoms with Gasteiger partial charge >= 0.3 is 6.18 Å². The van der Waals surface area contributed by atoms with Gasteiger partial charge in [0.15, 0.2) is 23.2 Å². The number of ether oxygens (including phenoxy) is 1. The van der Waals surface area contributed by atoms with Crippen LogP contribution in [0.5, 0.6) is 5.75 Å². The number of benzene rings is 2. The molecule has 11 heteroatoms. The van der Waals surface area contributed by atoms with Crippen molar-refractivity contribution in [3.8, 4) is 5.75 Å². The molecule has 4 nitrogen and oxygen atoms in total. The lowest BCUT2D eigenvalue weighted by atomic mass is 9.88. The van der Waals surface area contributed by atoms with Gasteiger partial charge in [-0.3, -0.25) is 9.29 Å². The van der Waals surface area contributed by atoms with Crippen molar-refractivity contribution in [2.24, 2.45) is 0 Å². The predicted octanol–water partition coefficient (Wildman–Crippen LogP) is 5.81. The Kier molecular flexibility index (Phi) is 7.79. The van der Waals surface area contributed by atoms with Crippen LogP contribution in [-0.2, 0) is 6.42 Å². The van der Waals surface area contributed by atoms with Crippen molar-refractivity contribution >= 4 is 10.9 Å². The second-order valence-corrected chi connectivity index (χ2v) is 8.85. The Bertz CT molecular complexity index is 1210. The highest BCUT2D eigenvalue weighted by molar-refractivity contribution is 5.85. The van der Waals surface area contributed by atoms with Crippen LogP contribution < -0.4 is 10.1 Å². The van der Waals surface area contributed by atoms with Crippen LogP contribution >= 0.6 is 0 Å². The van der Waals surface area contributed by atoms with Crippen LogP contribution in [0.15, 0.2) is 30.3 Å². The van der Waals surface area contributed by atoms with E-state index in [-0.39, 0.29) is 31.7 Å². The number of rotatable bonds is 9. The molecule has 36 heavy (non-hydrogen) atoms. The van der Waals surface area contributed by atoms with Gasteiger partial charge in [0.05, 0.1) is 24.8 Å². The quantitative estimate of drug-likeness (QED) is 0.214. The minimum absolute atomic E-state index is 0.140. The summed E-state index contributed by atoms with van der Waals surface area (Å²) in [6.45, 7) is -0.0318. The molecule has 0 radical (unpaired) electrons. The van der Waals surface area contributed by atoms with E-state index < -0.39 is 60.2 Å². The highest BCUT2D eigenvalue weighted by atomic mass is 19.4. The summed E-state index contributed by atoms with van der Waals surface area (Å²) in [5, 5.41) is 3.58. The van der Waals surface area contributed by atoms with Gasteiger partial charge in [-0.05, 0) is 37.9 Å². The van der Waals surface area contributed by atoms with Gasteiger partial charge in [-0.2, -0.15) is 13.2 Å². The summed E-state index contributed by atoms with van der Waals surface area (Å²) in [7, 11) is 0. The molecule has 1 aliphatic heterocycles. The summed E-state index contributed by atoms with van der Waals surface area (Å²) in [4.78, 5) is 3.95. The third-order valence-electron chi connectivity index (χ3n) is 6.33. The number of hydrogen-bond donors (Lipinski definition) is 2. The third-order valence-corrected chi connectivity index (χ3v) is 6.33. The van der Waals surface area contributed by atoms with Crippen LogP contribution in [0.3, 0.4) is 0 Å². The van der Waals surface area contributed by atoms with Gasteiger partial charge in [0, 0.05) is 35.2 Å². The standard InChI is InChI=1S/C25H26F7N3O/c1-14-11-16-15-5-2-3-6-18(15)34-23(16)24(35(14)13-25(30,31)32)20-21(28)17(27)12-19(22(20)29)36-10-9-33-8-4-7-26/h2-3,5-6,12,14,24,33-34H,4,7-11,13H2,1H3/t14-,24?/m1/s1. The molecule has 4 rings (SSSR count). The number of halogens is 7. The highest BCUT2D eigenvalue weighted by Crippen LogP contribution is 2.45. The number of alkyl halides is 4. The molecule has 1 unspecified atom stereocenters. The predicted molar refractivity (Wildman–Crippen MR) is 121 cm³/mol. The molecule has 0 bridgehead atoms. The molecule has 0 aliphatic carbocycles. The molecule has 0 saturated heterocycles. The van der Waals surface area contributed by atoms with E-state index in [0.29, 0.717) is 23.7 Å². The van der Waals surface area contributed by atoms with E-state index in [1.807, 2.05) is 0 Å². The van der Waals surface area contributed by atoms with Crippen LogP contribution in [0.2, 0.25) is 0 Å². The van der Waals surface area contributed by atoms with Crippen LogP contribution in [0.4, 0.5) is 30.7 Å². The van der Waals surface area contributed by atoms with Gasteiger partial charge < -0.3 is 15.0 Å². The fraction of sp³-hybridized carbons (Fsp3) is 0.440. The van der Waals surface area contributed by atoms with Crippen LogP contribution in [0, 0.1) is 17.5 Å². The van der Waals surface area contributed by atoms with E-state index >= 15 is 8.78 Å². The van der Waals surface area contributed by atoms with Crippen LogP contribution in [0.25, 0.3) is 10.9 Å². The van der Waals surface area contributed by atoms with E-state index in [1.165, 1.54) is 0 Å². The van der Waals surface area contributed by atoms with Crippen molar-refractivity contribution in [1.82, 2.24) is 15.2 Å². The van der Waals surface area contributed by atoms with Crippen molar-refractivity contribution in [3.63, 3.8) is 0 Å². The molecule has 0 fully saturated rings. The summed E-state index contributed by atoms with van der Waals surface area (Å²) < 4.78 is 104. The zero-order valence-electron chi connectivity index (χ0n) is 19.5. The molecule has 1 aromatic heterocycles. The van der Waals surface area contributed by atoms with Crippen molar-refractivity contribution in [1.29, 1.82) is 0 Å². The Labute approximate surface area is 203 Å². The molecule has 3 aromatic rings. The van der Waals surface area contributed by atoms with Gasteiger partial charge in [-0.1, -0.05) is 18.2 Å². The zero-order valence-corrected chi connectivity index (χ0v) is 19.5. The number of para-hydroxylation sites is 1. The van der Waals surface area contributed by atoms with Crippen molar-refractivity contribution < 1.29 is 35.5 Å². The molecular formula is C25H26F7N3O. The van der Waals surface area contributed by atoms with Gasteiger partial charge in [0.1, 0.15) is 6.61 Å². The maximum atomic E-state index is 15.7. The lowest BCUT2D eigenvalue weighted by molar-refractivity contribution is -0.155. The minimum atomic E-state index is -4.67. The van der Waals surface area contributed by atoms with Crippen molar-refractivity contribution in [2.75, 3.05) is 32.9 Å². The first-order valence-electron chi connectivity index (χ1n) is 11.6. The molecule has 2 atom stereocenters. The highest BCUT2D eigenvalue weighted by Gasteiger charge is 2.44. The normalized spacial score (nSPS) is 18.6. The Morgan fingerprint density at radius 3 is 2.58 bits per heavy atom. The average molecular weight is 517 g/mol. The smallest absolute Gasteiger partial charge is 0.401 e. The Morgan fingerprint density at radius 1 is 1.11 bits per heavy atom. The summed E-state index contributed by atoms with van der Waals surface area (Å²) in [6.07, 6.45) is -4.19. The van der Waals surface area contributed by atoms with Crippen molar-refractivity contribution in [3.05, 3.63) is 64.6 Å². The Morgan fingerprint density at radius 2 is 1.86 bits per heavy atom. The first kappa shape index (κ1) is 26.3. The Hall–Kier alpha value is -2.79. The number of H-pyrrole nitrogens is 1. The molecule has 2 aromatic carbocycles. The van der Waals surface area contributed by atoms with E-state index in [9.17, 15) is 22.0 Å². The first-order chi connectivity index (χ1) is 17.1. The SMILES string of the molecule is C[C@@H]1Cc2c([nH]c3ccccc23)C(c2c(F)c(F)cc(OCCNCCCF)c2F)N1CC(F)(F)F. The average Bonchev–Trinajstić information content (AvgIpc) is 3.18. The molecular weight excluding hydrogens is 491 g/mol. The number of hydrogen-bond acceptors (Lipinski definition) is 3. The number of aromatic amines is 1. The van der Waals surface area contributed by atoms with Gasteiger partial charge in [0.25, 0.3) is 0 Å². The molecule has 1 aliphatic rings. The zero-order chi connectivity index (χ0) is 26.0. The van der Waals surface area contributed by atoms with Gasteiger partial charge in [0.2, 0.25) is 0 Å². The topological polar surface area (TPSA) is 40.3 Å². The van der Waals surface area contributed by atoms with Crippen LogP contribution in [-0.4, -0.2) is 55.0 Å². The molecule has 196 valence electrons. The fourth-order valence-corrected chi connectivity index (χ4v) is 4.77. The summed E-state index contributed by atoms with van der Waals surface area (Å²) in [6, 6.07) is 5.20. The van der Waals surface area contributed by atoms with E-state index in [1.54, 1.807) is 31.2 Å². The summed E-state index contributed by atoms with van der Waals surface area (Å²) >= 11 is 0. The second-order valence-electron chi connectivity index (χ2n) is 8.85. The van der Waals surface area contributed by atoms with E-state index in [4.69, 9.17) is 4.74 Å². The number of nitrogens with zero attached hydrogens (tertiary/aromatic N) is 1. The maximum Gasteiger partial charge on any atom is 0.401 e. The maximum absolute atomic E-state index is 15.7. The minimum Gasteiger partial charge on any atom is -0.489 e. The number of fused-ring (bicyclic) bond motifs is 3. The van der Waals surface area contributed by atoms with Crippen molar-refractivity contribution in [2.45, 2.75) is 38.0 Å². The second kappa shape index (κ2) is 10.7. The Balaban J connectivity index is 1.79. The summed E-state index contributed by atoms with van der Waals surface area (Å²) in [5.41, 5.74) is 0.561. The molecule has 0 saturated carbocycles. The van der Waals surface area contributed by atoms with E-state index in [2.05, 4.69) is 10.3 Å². The number of nitrogens with one attached hydrogen (secondary N) is 2. The molecule has 0 spiro atoms. The molecule has 2 N–H and O–H groups in total.